The highest BCUT2D eigenvalue weighted by molar-refractivity contribution is 5.86. The Morgan fingerprint density at radius 3 is 2.28 bits per heavy atom. The lowest BCUT2D eigenvalue weighted by molar-refractivity contribution is -0.138. The molecule has 1 saturated heterocycles. The molecule has 0 aromatic rings. The Hall–Kier alpha value is -1.71. The van der Waals surface area contributed by atoms with E-state index in [0.29, 0.717) is 13.0 Å². The number of aliphatic hydroxyl groups is 1. The van der Waals surface area contributed by atoms with Crippen molar-refractivity contribution in [1.29, 1.82) is 0 Å². The van der Waals surface area contributed by atoms with Gasteiger partial charge in [0.25, 0.3) is 0 Å². The molecule has 0 bridgehead atoms. The normalized spacial score (nSPS) is 24.1. The maximum absolute atomic E-state index is 13.0. The van der Waals surface area contributed by atoms with Crippen LogP contribution in [0.25, 0.3) is 0 Å². The quantitative estimate of drug-likeness (QED) is 0.547. The van der Waals surface area contributed by atoms with E-state index in [9.17, 15) is 19.5 Å². The molecule has 1 rings (SSSR count). The van der Waals surface area contributed by atoms with Crippen molar-refractivity contribution in [2.45, 2.75) is 84.9 Å². The molecule has 0 aromatic carbocycles. The van der Waals surface area contributed by atoms with Crippen molar-refractivity contribution in [3.8, 4) is 0 Å². The molecule has 0 spiro atoms. The topological polar surface area (TPSA) is 114 Å². The summed E-state index contributed by atoms with van der Waals surface area (Å²) >= 11 is 0. The van der Waals surface area contributed by atoms with E-state index in [4.69, 9.17) is 14.2 Å². The fourth-order valence-electron chi connectivity index (χ4n) is 3.63. The van der Waals surface area contributed by atoms with Gasteiger partial charge in [0.15, 0.2) is 12.1 Å². The summed E-state index contributed by atoms with van der Waals surface area (Å²) < 4.78 is 16.7. The number of amides is 2. The minimum atomic E-state index is -0.764. The average Bonchev–Trinajstić information content (AvgIpc) is 2.96. The summed E-state index contributed by atoms with van der Waals surface area (Å²) in [7, 11) is 0. The number of carbonyl (C=O) groups excluding carboxylic acids is 3. The van der Waals surface area contributed by atoms with E-state index in [1.807, 2.05) is 6.92 Å². The van der Waals surface area contributed by atoms with Gasteiger partial charge in [-0.25, -0.2) is 4.79 Å². The fourth-order valence-corrected chi connectivity index (χ4v) is 3.63. The number of rotatable bonds is 9. The van der Waals surface area contributed by atoms with Crippen LogP contribution in [0.15, 0.2) is 0 Å². The molecule has 29 heavy (non-hydrogen) atoms. The van der Waals surface area contributed by atoms with Crippen molar-refractivity contribution in [2.75, 3.05) is 19.8 Å². The van der Waals surface area contributed by atoms with Gasteiger partial charge in [0.2, 0.25) is 5.91 Å². The summed E-state index contributed by atoms with van der Waals surface area (Å²) in [5.74, 6) is -0.842. The maximum Gasteiger partial charge on any atom is 0.411 e. The van der Waals surface area contributed by atoms with Crippen LogP contribution in [-0.4, -0.2) is 77.6 Å². The molecule has 1 aliphatic rings. The minimum absolute atomic E-state index is 0.194. The van der Waals surface area contributed by atoms with E-state index >= 15 is 0 Å². The summed E-state index contributed by atoms with van der Waals surface area (Å²) in [5, 5.41) is 12.6. The van der Waals surface area contributed by atoms with Gasteiger partial charge in [0, 0.05) is 19.4 Å². The molecule has 0 aliphatic carbocycles. The second-order valence-corrected chi connectivity index (χ2v) is 8.35. The number of ether oxygens (including phenoxy) is 3. The Kier molecular flexibility index (Phi) is 9.51. The van der Waals surface area contributed by atoms with Gasteiger partial charge in [-0.05, 0) is 48.0 Å². The van der Waals surface area contributed by atoms with E-state index in [0.717, 1.165) is 0 Å². The predicted octanol–water partition coefficient (Wildman–Crippen LogP) is 1.47. The van der Waals surface area contributed by atoms with Crippen LogP contribution in [0.2, 0.25) is 0 Å². The summed E-state index contributed by atoms with van der Waals surface area (Å²) in [6.45, 7) is 11.9. The molecule has 0 radical (unpaired) electrons. The van der Waals surface area contributed by atoms with Crippen molar-refractivity contribution >= 4 is 17.8 Å². The molecule has 0 saturated carbocycles. The second-order valence-electron chi connectivity index (χ2n) is 8.35. The third-order valence-electron chi connectivity index (χ3n) is 4.68. The van der Waals surface area contributed by atoms with Gasteiger partial charge in [0.05, 0.1) is 31.3 Å². The predicted molar refractivity (Wildman–Crippen MR) is 106 cm³/mol. The first kappa shape index (κ1) is 25.3. The molecular weight excluding hydrogens is 380 g/mol. The third-order valence-corrected chi connectivity index (χ3v) is 4.68. The van der Waals surface area contributed by atoms with Crippen molar-refractivity contribution in [3.05, 3.63) is 0 Å². The van der Waals surface area contributed by atoms with Gasteiger partial charge >= 0.3 is 6.09 Å². The molecular formula is C20H36N2O7. The molecule has 168 valence electrons. The highest BCUT2D eigenvalue weighted by Gasteiger charge is 2.50. The third kappa shape index (κ3) is 7.56. The zero-order valence-electron chi connectivity index (χ0n) is 18.6. The summed E-state index contributed by atoms with van der Waals surface area (Å²) in [6, 6.07) is -2.16. The number of nitrogens with one attached hydrogen (secondary N) is 1. The van der Waals surface area contributed by atoms with E-state index in [1.165, 1.54) is 18.7 Å². The Morgan fingerprint density at radius 2 is 1.83 bits per heavy atom. The SMILES string of the molecule is CCOC(C)OCC1CC(C(C)=O)N(C(=O)OC(C)(C)C)C1C(CO)NC(C)=O. The van der Waals surface area contributed by atoms with Gasteiger partial charge in [-0.1, -0.05) is 0 Å². The zero-order valence-corrected chi connectivity index (χ0v) is 18.6. The number of likely N-dealkylation sites (tertiary alicyclic amines) is 1. The monoisotopic (exact) mass is 416 g/mol. The lowest BCUT2D eigenvalue weighted by atomic mass is 9.93. The van der Waals surface area contributed by atoms with Crippen LogP contribution in [0.5, 0.6) is 0 Å². The molecule has 1 aliphatic heterocycles. The Labute approximate surface area is 173 Å². The molecule has 2 N–H and O–H groups in total. The van der Waals surface area contributed by atoms with Gasteiger partial charge in [-0.2, -0.15) is 0 Å². The number of hydrogen-bond donors (Lipinski definition) is 2. The number of ketones is 1. The highest BCUT2D eigenvalue weighted by Crippen LogP contribution is 2.34. The maximum atomic E-state index is 13.0. The van der Waals surface area contributed by atoms with Crippen molar-refractivity contribution in [2.24, 2.45) is 5.92 Å². The summed E-state index contributed by atoms with van der Waals surface area (Å²) in [6.07, 6.45) is -0.777. The van der Waals surface area contributed by atoms with E-state index in [1.54, 1.807) is 27.7 Å². The van der Waals surface area contributed by atoms with Gasteiger partial charge in [0.1, 0.15) is 5.60 Å². The Bertz CT molecular complexity index is 576. The first-order valence-corrected chi connectivity index (χ1v) is 10.0. The Balaban J connectivity index is 3.23. The molecule has 0 aromatic heterocycles. The molecule has 5 atom stereocenters. The Morgan fingerprint density at radius 1 is 1.21 bits per heavy atom. The van der Waals surface area contributed by atoms with Crippen LogP contribution in [0.3, 0.4) is 0 Å². The second kappa shape index (κ2) is 10.9. The number of aliphatic hydroxyl groups excluding tert-OH is 1. The molecule has 5 unspecified atom stereocenters. The van der Waals surface area contributed by atoms with Crippen molar-refractivity contribution in [3.63, 3.8) is 0 Å². The standard InChI is InChI=1S/C20H36N2O7/c1-8-27-14(4)28-11-15-9-17(12(2)24)22(19(26)29-20(5,6)7)18(15)16(10-23)21-13(3)25/h14-18,23H,8-11H2,1-7H3,(H,21,25). The van der Waals surface area contributed by atoms with Crippen LogP contribution >= 0.6 is 0 Å². The van der Waals surface area contributed by atoms with Crippen LogP contribution in [0.1, 0.15) is 54.9 Å². The van der Waals surface area contributed by atoms with Crippen LogP contribution < -0.4 is 5.32 Å². The van der Waals surface area contributed by atoms with E-state index in [2.05, 4.69) is 5.32 Å². The smallest absolute Gasteiger partial charge is 0.411 e. The largest absolute Gasteiger partial charge is 0.444 e. The fraction of sp³-hybridized carbons (Fsp3) is 0.850. The number of hydrogen-bond acceptors (Lipinski definition) is 7. The highest BCUT2D eigenvalue weighted by atomic mass is 16.7. The lowest BCUT2D eigenvalue weighted by Gasteiger charge is -2.37. The zero-order chi connectivity index (χ0) is 22.4. The van der Waals surface area contributed by atoms with Crippen LogP contribution in [0.4, 0.5) is 4.79 Å². The van der Waals surface area contributed by atoms with Crippen LogP contribution in [-0.2, 0) is 23.8 Å². The first-order valence-electron chi connectivity index (χ1n) is 10.0. The molecule has 2 amide bonds. The summed E-state index contributed by atoms with van der Waals surface area (Å²) in [4.78, 5) is 38.3. The average molecular weight is 417 g/mol. The van der Waals surface area contributed by atoms with Crippen molar-refractivity contribution in [1.82, 2.24) is 10.2 Å². The summed E-state index contributed by atoms with van der Waals surface area (Å²) in [5.41, 5.74) is -0.760. The number of nitrogens with zero attached hydrogens (tertiary/aromatic N) is 1. The van der Waals surface area contributed by atoms with E-state index in [-0.39, 0.29) is 24.2 Å². The van der Waals surface area contributed by atoms with Gasteiger partial charge in [-0.3, -0.25) is 14.5 Å². The van der Waals surface area contributed by atoms with Gasteiger partial charge < -0.3 is 24.6 Å². The van der Waals surface area contributed by atoms with Crippen molar-refractivity contribution < 1.29 is 33.7 Å². The van der Waals surface area contributed by atoms with Gasteiger partial charge in [-0.15, -0.1) is 0 Å². The minimum Gasteiger partial charge on any atom is -0.444 e. The molecule has 1 fully saturated rings. The molecule has 9 nitrogen and oxygen atoms in total. The molecule has 9 heteroatoms. The number of carbonyl (C=O) groups is 3. The first-order chi connectivity index (χ1) is 13.4. The van der Waals surface area contributed by atoms with E-state index < -0.39 is 42.7 Å². The molecule has 1 heterocycles. The number of Topliss-reactive ketones (excluding diaryl/α,β-unsaturated/α-hetero) is 1. The lowest BCUT2D eigenvalue weighted by Crippen LogP contribution is -2.57. The van der Waals surface area contributed by atoms with Crippen LogP contribution in [0, 0.1) is 5.92 Å².